The number of nitrogens with one attached hydrogen (secondary N) is 1. The largest absolute Gasteiger partial charge is 0.296 e. The van der Waals surface area contributed by atoms with Gasteiger partial charge in [0, 0.05) is 12.1 Å². The van der Waals surface area contributed by atoms with Gasteiger partial charge < -0.3 is 0 Å². The van der Waals surface area contributed by atoms with Crippen LogP contribution in [0.25, 0.3) is 0 Å². The number of nitrogens with zero attached hydrogens (tertiary/aromatic N) is 1. The maximum Gasteiger partial charge on any atom is 0.267 e. The van der Waals surface area contributed by atoms with E-state index in [1.165, 1.54) is 0 Å². The molecule has 72 valence electrons. The summed E-state index contributed by atoms with van der Waals surface area (Å²) >= 11 is 0. The molecule has 3 heteroatoms. The molecule has 1 saturated heterocycles. The van der Waals surface area contributed by atoms with Crippen LogP contribution in [0.15, 0.2) is 42.5 Å². The first-order chi connectivity index (χ1) is 6.77. The van der Waals surface area contributed by atoms with Crippen LogP contribution in [0.1, 0.15) is 6.42 Å². The Morgan fingerprint density at radius 2 is 2.00 bits per heavy atom. The molecule has 1 aliphatic heterocycles. The van der Waals surface area contributed by atoms with Crippen molar-refractivity contribution in [1.29, 1.82) is 0 Å². The molecular formula is C11H12N2O. The van der Waals surface area contributed by atoms with Gasteiger partial charge >= 0.3 is 0 Å². The molecule has 1 aromatic carbocycles. The van der Waals surface area contributed by atoms with Gasteiger partial charge in [0.1, 0.15) is 0 Å². The number of para-hydroxylation sites is 1. The Kier molecular flexibility index (Phi) is 2.23. The highest BCUT2D eigenvalue weighted by Gasteiger charge is 2.23. The number of hydrazine groups is 1. The molecule has 1 fully saturated rings. The van der Waals surface area contributed by atoms with Crippen molar-refractivity contribution < 1.29 is 4.79 Å². The standard InChI is InChI=1S/C11H12N2O/c1-9-7-8-13(11(9)14)12-10-5-3-2-4-6-10/h2-6,12H,1,7-8H2. The number of carbonyl (C=O) groups is 1. The number of carbonyl (C=O) groups excluding carboxylic acids is 1. The smallest absolute Gasteiger partial charge is 0.267 e. The first kappa shape index (κ1) is 8.81. The van der Waals surface area contributed by atoms with Gasteiger partial charge in [0.25, 0.3) is 5.91 Å². The summed E-state index contributed by atoms with van der Waals surface area (Å²) in [6.45, 7) is 4.40. The van der Waals surface area contributed by atoms with Crippen molar-refractivity contribution in [2.24, 2.45) is 0 Å². The molecule has 1 aliphatic rings. The van der Waals surface area contributed by atoms with E-state index in [0.717, 1.165) is 12.1 Å². The van der Waals surface area contributed by atoms with Crippen LogP contribution < -0.4 is 5.43 Å². The minimum atomic E-state index is -0.00569. The van der Waals surface area contributed by atoms with Crippen LogP contribution in [0.3, 0.4) is 0 Å². The van der Waals surface area contributed by atoms with E-state index in [-0.39, 0.29) is 5.91 Å². The highest BCUT2D eigenvalue weighted by Crippen LogP contribution is 2.16. The average Bonchev–Trinajstić information content (AvgIpc) is 2.52. The number of rotatable bonds is 2. The van der Waals surface area contributed by atoms with Crippen LogP contribution in [0.2, 0.25) is 0 Å². The van der Waals surface area contributed by atoms with Crippen LogP contribution in [0, 0.1) is 0 Å². The van der Waals surface area contributed by atoms with E-state index in [9.17, 15) is 4.79 Å². The zero-order valence-corrected chi connectivity index (χ0v) is 7.86. The number of benzene rings is 1. The second-order valence-corrected chi connectivity index (χ2v) is 3.29. The summed E-state index contributed by atoms with van der Waals surface area (Å²) in [5, 5.41) is 1.59. The molecule has 2 rings (SSSR count). The molecule has 0 aliphatic carbocycles. The Labute approximate surface area is 83.0 Å². The second-order valence-electron chi connectivity index (χ2n) is 3.29. The number of amides is 1. The summed E-state index contributed by atoms with van der Waals surface area (Å²) in [6.07, 6.45) is 0.749. The van der Waals surface area contributed by atoms with Crippen LogP contribution in [0.4, 0.5) is 5.69 Å². The molecule has 0 aromatic heterocycles. The summed E-state index contributed by atoms with van der Waals surface area (Å²) in [4.78, 5) is 11.5. The molecular weight excluding hydrogens is 176 g/mol. The minimum absolute atomic E-state index is 0.00569. The molecule has 1 heterocycles. The summed E-state index contributed by atoms with van der Waals surface area (Å²) < 4.78 is 0. The van der Waals surface area contributed by atoms with Crippen molar-refractivity contribution in [2.45, 2.75) is 6.42 Å². The summed E-state index contributed by atoms with van der Waals surface area (Å²) in [6, 6.07) is 9.65. The van der Waals surface area contributed by atoms with Crippen molar-refractivity contribution >= 4 is 11.6 Å². The van der Waals surface area contributed by atoms with Crippen LogP contribution >= 0.6 is 0 Å². The zero-order valence-electron chi connectivity index (χ0n) is 7.86. The Hall–Kier alpha value is -1.77. The van der Waals surface area contributed by atoms with Gasteiger partial charge in [-0.15, -0.1) is 0 Å². The lowest BCUT2D eigenvalue weighted by atomic mass is 10.3. The van der Waals surface area contributed by atoms with Crippen molar-refractivity contribution in [3.05, 3.63) is 42.5 Å². The molecule has 0 spiro atoms. The molecule has 0 radical (unpaired) electrons. The Morgan fingerprint density at radius 3 is 2.57 bits per heavy atom. The quantitative estimate of drug-likeness (QED) is 0.718. The topological polar surface area (TPSA) is 32.3 Å². The number of anilines is 1. The fourth-order valence-electron chi connectivity index (χ4n) is 1.42. The van der Waals surface area contributed by atoms with Crippen LogP contribution in [0.5, 0.6) is 0 Å². The van der Waals surface area contributed by atoms with Gasteiger partial charge in [-0.05, 0) is 18.6 Å². The Bertz CT molecular complexity index is 359. The van der Waals surface area contributed by atoms with E-state index in [0.29, 0.717) is 12.1 Å². The molecule has 0 saturated carbocycles. The van der Waals surface area contributed by atoms with Crippen molar-refractivity contribution in [1.82, 2.24) is 5.01 Å². The first-order valence-electron chi connectivity index (χ1n) is 4.59. The van der Waals surface area contributed by atoms with Gasteiger partial charge in [-0.25, -0.2) is 0 Å². The van der Waals surface area contributed by atoms with Crippen LogP contribution in [-0.2, 0) is 4.79 Å². The second kappa shape index (κ2) is 3.54. The predicted octanol–water partition coefficient (Wildman–Crippen LogP) is 1.80. The maximum atomic E-state index is 11.5. The van der Waals surface area contributed by atoms with Crippen LogP contribution in [-0.4, -0.2) is 17.5 Å². The summed E-state index contributed by atoms with van der Waals surface area (Å²) in [5.41, 5.74) is 4.64. The maximum absolute atomic E-state index is 11.5. The Morgan fingerprint density at radius 1 is 1.29 bits per heavy atom. The predicted molar refractivity (Wildman–Crippen MR) is 55.5 cm³/mol. The number of hydrogen-bond acceptors (Lipinski definition) is 2. The molecule has 1 N–H and O–H groups in total. The normalized spacial score (nSPS) is 16.1. The van der Waals surface area contributed by atoms with Gasteiger partial charge in [0.2, 0.25) is 0 Å². The Balaban J connectivity index is 2.06. The molecule has 0 atom stereocenters. The molecule has 14 heavy (non-hydrogen) atoms. The first-order valence-corrected chi connectivity index (χ1v) is 4.59. The van der Waals surface area contributed by atoms with E-state index in [1.807, 2.05) is 30.3 Å². The lowest BCUT2D eigenvalue weighted by Crippen LogP contribution is -2.31. The van der Waals surface area contributed by atoms with E-state index >= 15 is 0 Å². The van der Waals surface area contributed by atoms with Gasteiger partial charge in [-0.1, -0.05) is 24.8 Å². The third kappa shape index (κ3) is 1.62. The highest BCUT2D eigenvalue weighted by atomic mass is 16.2. The SMILES string of the molecule is C=C1CCN(Nc2ccccc2)C1=O. The van der Waals surface area contributed by atoms with Gasteiger partial charge in [0.05, 0.1) is 5.69 Å². The fourth-order valence-corrected chi connectivity index (χ4v) is 1.42. The van der Waals surface area contributed by atoms with Crippen molar-refractivity contribution in [3.8, 4) is 0 Å². The lowest BCUT2D eigenvalue weighted by Gasteiger charge is -2.17. The monoisotopic (exact) mass is 188 g/mol. The minimum Gasteiger partial charge on any atom is -0.296 e. The molecule has 3 nitrogen and oxygen atoms in total. The molecule has 1 amide bonds. The van der Waals surface area contributed by atoms with Gasteiger partial charge in [-0.3, -0.25) is 15.2 Å². The van der Waals surface area contributed by atoms with E-state index in [1.54, 1.807) is 5.01 Å². The molecule has 0 unspecified atom stereocenters. The lowest BCUT2D eigenvalue weighted by molar-refractivity contribution is -0.123. The van der Waals surface area contributed by atoms with E-state index < -0.39 is 0 Å². The average molecular weight is 188 g/mol. The van der Waals surface area contributed by atoms with E-state index in [2.05, 4.69) is 12.0 Å². The van der Waals surface area contributed by atoms with Gasteiger partial charge in [-0.2, -0.15) is 0 Å². The molecule has 0 bridgehead atoms. The fraction of sp³-hybridized carbons (Fsp3) is 0.182. The number of hydrogen-bond donors (Lipinski definition) is 1. The molecule has 1 aromatic rings. The highest BCUT2D eigenvalue weighted by molar-refractivity contribution is 5.95. The summed E-state index contributed by atoms with van der Waals surface area (Å²) in [5.74, 6) is -0.00569. The van der Waals surface area contributed by atoms with Crippen molar-refractivity contribution in [2.75, 3.05) is 12.0 Å². The summed E-state index contributed by atoms with van der Waals surface area (Å²) in [7, 11) is 0. The zero-order chi connectivity index (χ0) is 9.97. The van der Waals surface area contributed by atoms with Gasteiger partial charge in [0.15, 0.2) is 0 Å². The van der Waals surface area contributed by atoms with E-state index in [4.69, 9.17) is 0 Å². The van der Waals surface area contributed by atoms with Crippen molar-refractivity contribution in [3.63, 3.8) is 0 Å². The third-order valence-electron chi connectivity index (χ3n) is 2.22. The third-order valence-corrected chi connectivity index (χ3v) is 2.22.